The van der Waals surface area contributed by atoms with E-state index in [0.717, 1.165) is 52.5 Å². The number of piperazine rings is 1. The van der Waals surface area contributed by atoms with Gasteiger partial charge in [0.2, 0.25) is 0 Å². The number of amides is 2. The summed E-state index contributed by atoms with van der Waals surface area (Å²) in [6, 6.07) is 6.42. The Labute approximate surface area is 148 Å². The highest BCUT2D eigenvalue weighted by atomic mass is 19.1. The van der Waals surface area contributed by atoms with E-state index >= 15 is 0 Å². The van der Waals surface area contributed by atoms with E-state index in [1.54, 1.807) is 18.2 Å². The van der Waals surface area contributed by atoms with Gasteiger partial charge in [0, 0.05) is 64.5 Å². The third-order valence-corrected chi connectivity index (χ3v) is 4.88. The molecule has 1 aromatic rings. The topological polar surface area (TPSA) is 48.1 Å². The van der Waals surface area contributed by atoms with Crippen LogP contribution in [-0.4, -0.2) is 86.3 Å². The minimum atomic E-state index is -0.282. The second-order valence-electron chi connectivity index (χ2n) is 6.53. The first-order valence-electron chi connectivity index (χ1n) is 9.01. The molecule has 1 aromatic carbocycles. The minimum absolute atomic E-state index is 0.115. The molecule has 2 aliphatic heterocycles. The third kappa shape index (κ3) is 5.39. The Morgan fingerprint density at radius 3 is 2.32 bits per heavy atom. The van der Waals surface area contributed by atoms with Gasteiger partial charge in [-0.2, -0.15) is 0 Å². The lowest BCUT2D eigenvalue weighted by molar-refractivity contribution is 0.0309. The zero-order chi connectivity index (χ0) is 17.5. The second-order valence-corrected chi connectivity index (χ2v) is 6.53. The van der Waals surface area contributed by atoms with Gasteiger partial charge in [0.05, 0.1) is 13.2 Å². The zero-order valence-electron chi connectivity index (χ0n) is 14.6. The number of ether oxygens (including phenoxy) is 1. The van der Waals surface area contributed by atoms with E-state index in [4.69, 9.17) is 4.74 Å². The maximum Gasteiger partial charge on any atom is 0.317 e. The van der Waals surface area contributed by atoms with Crippen molar-refractivity contribution in [3.8, 4) is 0 Å². The van der Waals surface area contributed by atoms with Crippen LogP contribution >= 0.6 is 0 Å². The molecule has 7 heteroatoms. The molecule has 0 bridgehead atoms. The van der Waals surface area contributed by atoms with E-state index in [1.807, 2.05) is 4.90 Å². The molecule has 1 N–H and O–H groups in total. The normalized spacial score (nSPS) is 19.8. The van der Waals surface area contributed by atoms with Gasteiger partial charge in [-0.3, -0.25) is 9.80 Å². The van der Waals surface area contributed by atoms with Crippen LogP contribution < -0.4 is 5.32 Å². The van der Waals surface area contributed by atoms with E-state index in [2.05, 4.69) is 15.1 Å². The summed E-state index contributed by atoms with van der Waals surface area (Å²) in [4.78, 5) is 18.9. The average Bonchev–Trinajstić information content (AvgIpc) is 2.67. The number of hydrogen-bond acceptors (Lipinski definition) is 4. The van der Waals surface area contributed by atoms with E-state index in [9.17, 15) is 9.18 Å². The molecular formula is C18H27FN4O2. The SMILES string of the molecule is O=C(NCc1ccccc1F)N1CCN(CCN2CCOCC2)CC1. The largest absolute Gasteiger partial charge is 0.379 e. The van der Waals surface area contributed by atoms with Crippen molar-refractivity contribution in [1.29, 1.82) is 0 Å². The molecule has 0 spiro atoms. The molecule has 0 radical (unpaired) electrons. The van der Waals surface area contributed by atoms with Crippen LogP contribution in [0.15, 0.2) is 24.3 Å². The molecule has 2 saturated heterocycles. The van der Waals surface area contributed by atoms with Crippen molar-refractivity contribution >= 4 is 6.03 Å². The van der Waals surface area contributed by atoms with Gasteiger partial charge in [0.1, 0.15) is 5.82 Å². The first kappa shape index (κ1) is 18.1. The van der Waals surface area contributed by atoms with Gasteiger partial charge in [-0.25, -0.2) is 9.18 Å². The van der Waals surface area contributed by atoms with Crippen LogP contribution in [0.25, 0.3) is 0 Å². The molecule has 3 rings (SSSR count). The number of nitrogens with zero attached hydrogens (tertiary/aromatic N) is 3. The smallest absolute Gasteiger partial charge is 0.317 e. The molecule has 0 unspecified atom stereocenters. The number of nitrogens with one attached hydrogen (secondary N) is 1. The lowest BCUT2D eigenvalue weighted by Crippen LogP contribution is -2.53. The van der Waals surface area contributed by atoms with Crippen molar-refractivity contribution in [2.24, 2.45) is 0 Å². The van der Waals surface area contributed by atoms with Crippen LogP contribution in [-0.2, 0) is 11.3 Å². The maximum absolute atomic E-state index is 13.6. The first-order chi connectivity index (χ1) is 12.2. The molecule has 6 nitrogen and oxygen atoms in total. The second kappa shape index (κ2) is 9.12. The quantitative estimate of drug-likeness (QED) is 0.860. The maximum atomic E-state index is 13.6. The lowest BCUT2D eigenvalue weighted by Gasteiger charge is -2.36. The van der Waals surface area contributed by atoms with E-state index in [0.29, 0.717) is 18.7 Å². The van der Waals surface area contributed by atoms with Crippen LogP contribution in [0.5, 0.6) is 0 Å². The van der Waals surface area contributed by atoms with Crippen molar-refractivity contribution in [1.82, 2.24) is 20.0 Å². The zero-order valence-corrected chi connectivity index (χ0v) is 14.6. The van der Waals surface area contributed by atoms with Crippen molar-refractivity contribution in [3.05, 3.63) is 35.6 Å². The standard InChI is InChI=1S/C18H27FN4O2/c19-17-4-2-1-3-16(17)15-20-18(24)23-9-7-21(8-10-23)5-6-22-11-13-25-14-12-22/h1-4H,5-15H2,(H,20,24). The molecule has 2 amide bonds. The summed E-state index contributed by atoms with van der Waals surface area (Å²) in [7, 11) is 0. The Hall–Kier alpha value is -1.70. The molecule has 0 atom stereocenters. The molecule has 2 heterocycles. The number of hydrogen-bond donors (Lipinski definition) is 1. The Bertz CT molecular complexity index is 558. The summed E-state index contributed by atoms with van der Waals surface area (Å²) in [5, 5.41) is 2.81. The van der Waals surface area contributed by atoms with E-state index < -0.39 is 0 Å². The van der Waals surface area contributed by atoms with E-state index in [-0.39, 0.29) is 18.4 Å². The Morgan fingerprint density at radius 2 is 1.64 bits per heavy atom. The van der Waals surface area contributed by atoms with Gasteiger partial charge >= 0.3 is 6.03 Å². The predicted octanol–water partition coefficient (Wildman–Crippen LogP) is 0.985. The Kier molecular flexibility index (Phi) is 6.61. The highest BCUT2D eigenvalue weighted by Gasteiger charge is 2.21. The molecule has 25 heavy (non-hydrogen) atoms. The number of halogens is 1. The monoisotopic (exact) mass is 350 g/mol. The molecule has 0 aliphatic carbocycles. The molecule has 0 aromatic heterocycles. The van der Waals surface area contributed by atoms with Gasteiger partial charge < -0.3 is 15.0 Å². The molecule has 0 saturated carbocycles. The Balaban J connectivity index is 1.35. The molecule has 138 valence electrons. The number of rotatable bonds is 5. The predicted molar refractivity (Wildman–Crippen MR) is 93.9 cm³/mol. The van der Waals surface area contributed by atoms with Gasteiger partial charge in [-0.15, -0.1) is 0 Å². The summed E-state index contributed by atoms with van der Waals surface area (Å²) in [5.74, 6) is -0.282. The fraction of sp³-hybridized carbons (Fsp3) is 0.611. The van der Waals surface area contributed by atoms with Gasteiger partial charge in [-0.05, 0) is 6.07 Å². The summed E-state index contributed by atoms with van der Waals surface area (Å²) in [6.07, 6.45) is 0. The fourth-order valence-electron chi connectivity index (χ4n) is 3.21. The Morgan fingerprint density at radius 1 is 1.00 bits per heavy atom. The van der Waals surface area contributed by atoms with Crippen LogP contribution in [0.1, 0.15) is 5.56 Å². The number of carbonyl (C=O) groups is 1. The summed E-state index contributed by atoms with van der Waals surface area (Å²) < 4.78 is 19.0. The highest BCUT2D eigenvalue weighted by Crippen LogP contribution is 2.07. The number of carbonyl (C=O) groups excluding carboxylic acids is 1. The fourth-order valence-corrected chi connectivity index (χ4v) is 3.21. The van der Waals surface area contributed by atoms with Gasteiger partial charge in [-0.1, -0.05) is 18.2 Å². The summed E-state index contributed by atoms with van der Waals surface area (Å²) >= 11 is 0. The minimum Gasteiger partial charge on any atom is -0.379 e. The first-order valence-corrected chi connectivity index (χ1v) is 9.01. The summed E-state index contributed by atoms with van der Waals surface area (Å²) in [6.45, 7) is 9.20. The van der Waals surface area contributed by atoms with Crippen molar-refractivity contribution in [3.63, 3.8) is 0 Å². The average molecular weight is 350 g/mol. The summed E-state index contributed by atoms with van der Waals surface area (Å²) in [5.41, 5.74) is 0.514. The van der Waals surface area contributed by atoms with Gasteiger partial charge in [0.25, 0.3) is 0 Å². The van der Waals surface area contributed by atoms with Crippen LogP contribution in [0.2, 0.25) is 0 Å². The molecule has 2 aliphatic rings. The lowest BCUT2D eigenvalue weighted by atomic mass is 10.2. The van der Waals surface area contributed by atoms with Gasteiger partial charge in [0.15, 0.2) is 0 Å². The van der Waals surface area contributed by atoms with Crippen LogP contribution in [0.4, 0.5) is 9.18 Å². The van der Waals surface area contributed by atoms with Crippen molar-refractivity contribution in [2.75, 3.05) is 65.6 Å². The van der Waals surface area contributed by atoms with Crippen LogP contribution in [0, 0.1) is 5.82 Å². The van der Waals surface area contributed by atoms with E-state index in [1.165, 1.54) is 6.07 Å². The number of morpholine rings is 1. The van der Waals surface area contributed by atoms with Crippen molar-refractivity contribution < 1.29 is 13.9 Å². The van der Waals surface area contributed by atoms with Crippen molar-refractivity contribution in [2.45, 2.75) is 6.54 Å². The third-order valence-electron chi connectivity index (χ3n) is 4.88. The highest BCUT2D eigenvalue weighted by molar-refractivity contribution is 5.74. The van der Waals surface area contributed by atoms with Crippen LogP contribution in [0.3, 0.4) is 0 Å². The number of benzene rings is 1. The molecular weight excluding hydrogens is 323 g/mol. The number of urea groups is 1. The molecule has 2 fully saturated rings.